The SMILES string of the molecule is CC(C)(C)C1=N[N+](C)(c2cn[nH]c2)C(NC(=O)Nc2ccc(-c3ccccc3CN3CCOCC3)c3ccccc23)=C1. The zero-order chi connectivity index (χ0) is 29.3. The van der Waals surface area contributed by atoms with Gasteiger partial charge in [0.05, 0.1) is 25.1 Å². The summed E-state index contributed by atoms with van der Waals surface area (Å²) < 4.78 is 5.62. The van der Waals surface area contributed by atoms with E-state index in [0.717, 1.165) is 66.3 Å². The molecule has 0 bridgehead atoms. The van der Waals surface area contributed by atoms with Gasteiger partial charge in [-0.25, -0.2) is 4.79 Å². The van der Waals surface area contributed by atoms with Gasteiger partial charge in [0, 0.05) is 36.5 Å². The lowest BCUT2D eigenvalue weighted by Crippen LogP contribution is -2.45. The van der Waals surface area contributed by atoms with E-state index in [9.17, 15) is 4.79 Å². The number of H-pyrrole nitrogens is 1. The maximum absolute atomic E-state index is 13.5. The van der Waals surface area contributed by atoms with Crippen molar-refractivity contribution >= 4 is 33.9 Å². The zero-order valence-corrected chi connectivity index (χ0v) is 24.6. The summed E-state index contributed by atoms with van der Waals surface area (Å²) in [5.74, 6) is 0.650. The number of morpholine rings is 1. The highest BCUT2D eigenvalue weighted by Crippen LogP contribution is 2.36. The standard InChI is InChI=1S/C33H37N7O2/c1-33(2,3)30-19-31(40(4,38-30)24-20-34-35-21-24)37-32(41)36-29-14-13-27(26-11-7-8-12-28(26)29)25-10-6-5-9-23(25)22-39-15-17-42-18-16-39/h5-14,19-21H,15-18,22H2,1-4H3,(H2-,34,35,36,37,38,41)/p+1. The molecule has 2 amide bonds. The van der Waals surface area contributed by atoms with E-state index in [1.807, 2.05) is 31.3 Å². The summed E-state index contributed by atoms with van der Waals surface area (Å²) in [7, 11) is 1.94. The number of carbonyl (C=O) groups is 1. The first-order chi connectivity index (χ1) is 20.2. The van der Waals surface area contributed by atoms with Crippen LogP contribution in [0.2, 0.25) is 0 Å². The van der Waals surface area contributed by atoms with Crippen molar-refractivity contribution in [1.82, 2.24) is 25.0 Å². The molecule has 1 saturated heterocycles. The lowest BCUT2D eigenvalue weighted by Gasteiger charge is -2.27. The Morgan fingerprint density at radius 1 is 0.976 bits per heavy atom. The number of urea groups is 1. The monoisotopic (exact) mass is 564 g/mol. The number of allylic oxidation sites excluding steroid dienone is 1. The van der Waals surface area contributed by atoms with E-state index in [1.54, 1.807) is 12.4 Å². The Labute approximate surface area is 246 Å². The van der Waals surface area contributed by atoms with Gasteiger partial charge in [0.15, 0.2) is 0 Å². The number of nitrogens with one attached hydrogen (secondary N) is 3. The Bertz CT molecular complexity index is 1660. The maximum Gasteiger partial charge on any atom is 0.327 e. The molecule has 2 aliphatic heterocycles. The first-order valence-corrected chi connectivity index (χ1v) is 14.4. The summed E-state index contributed by atoms with van der Waals surface area (Å²) in [6.45, 7) is 10.6. The van der Waals surface area contributed by atoms with Crippen molar-refractivity contribution in [3.8, 4) is 11.1 Å². The summed E-state index contributed by atoms with van der Waals surface area (Å²) in [6.07, 6.45) is 5.48. The number of nitrogens with zero attached hydrogens (tertiary/aromatic N) is 4. The average Bonchev–Trinajstić information content (AvgIpc) is 3.64. The van der Waals surface area contributed by atoms with Crippen LogP contribution in [0.3, 0.4) is 0 Å². The van der Waals surface area contributed by atoms with E-state index in [1.165, 1.54) is 11.1 Å². The number of aromatic nitrogens is 2. The molecule has 3 heterocycles. The highest BCUT2D eigenvalue weighted by Gasteiger charge is 2.42. The summed E-state index contributed by atoms with van der Waals surface area (Å²) in [4.78, 5) is 15.9. The fourth-order valence-electron chi connectivity index (χ4n) is 5.58. The first kappa shape index (κ1) is 27.8. The van der Waals surface area contributed by atoms with Gasteiger partial charge in [0.2, 0.25) is 11.5 Å². The van der Waals surface area contributed by atoms with Crippen LogP contribution in [-0.2, 0) is 11.3 Å². The van der Waals surface area contributed by atoms with Gasteiger partial charge in [-0.15, -0.1) is 4.59 Å². The third kappa shape index (κ3) is 5.46. The minimum Gasteiger partial charge on any atom is -0.379 e. The molecule has 3 N–H and O–H groups in total. The van der Waals surface area contributed by atoms with E-state index in [0.29, 0.717) is 5.82 Å². The number of carbonyl (C=O) groups excluding carboxylic acids is 1. The molecule has 1 unspecified atom stereocenters. The largest absolute Gasteiger partial charge is 0.379 e. The van der Waals surface area contributed by atoms with Crippen molar-refractivity contribution in [2.24, 2.45) is 10.5 Å². The van der Waals surface area contributed by atoms with E-state index >= 15 is 0 Å². The fourth-order valence-corrected chi connectivity index (χ4v) is 5.58. The van der Waals surface area contributed by atoms with Gasteiger partial charge in [-0.05, 0) is 28.1 Å². The normalized spacial score (nSPS) is 19.4. The topological polar surface area (TPSA) is 94.6 Å². The van der Waals surface area contributed by atoms with E-state index in [4.69, 9.17) is 9.84 Å². The second-order valence-electron chi connectivity index (χ2n) is 12.0. The van der Waals surface area contributed by atoms with Crippen molar-refractivity contribution < 1.29 is 9.53 Å². The van der Waals surface area contributed by atoms with E-state index in [-0.39, 0.29) is 16.0 Å². The quantitative estimate of drug-likeness (QED) is 0.248. The highest BCUT2D eigenvalue weighted by molar-refractivity contribution is 6.08. The molecule has 0 spiro atoms. The van der Waals surface area contributed by atoms with Crippen LogP contribution >= 0.6 is 0 Å². The lowest BCUT2D eigenvalue weighted by molar-refractivity contribution is 0.0342. The molecule has 6 rings (SSSR count). The van der Waals surface area contributed by atoms with Gasteiger partial charge in [0.1, 0.15) is 19.0 Å². The summed E-state index contributed by atoms with van der Waals surface area (Å²) >= 11 is 0. The molecule has 9 heteroatoms. The molecule has 1 aromatic heterocycles. The molecule has 0 radical (unpaired) electrons. The van der Waals surface area contributed by atoms with Crippen LogP contribution in [0.25, 0.3) is 21.9 Å². The van der Waals surface area contributed by atoms with Gasteiger partial charge in [0.25, 0.3) is 0 Å². The molecule has 216 valence electrons. The van der Waals surface area contributed by atoms with Crippen LogP contribution in [-0.4, -0.2) is 60.2 Å². The Balaban J connectivity index is 1.28. The molecule has 1 fully saturated rings. The van der Waals surface area contributed by atoms with Crippen molar-refractivity contribution in [2.45, 2.75) is 27.3 Å². The van der Waals surface area contributed by atoms with Gasteiger partial charge in [-0.1, -0.05) is 80.5 Å². The van der Waals surface area contributed by atoms with Gasteiger partial charge in [-0.3, -0.25) is 15.3 Å². The van der Waals surface area contributed by atoms with E-state index in [2.05, 4.69) is 89.0 Å². The highest BCUT2D eigenvalue weighted by atomic mass is 16.5. The third-order valence-corrected chi connectivity index (χ3v) is 8.02. The van der Waals surface area contributed by atoms with Gasteiger partial charge in [-0.2, -0.15) is 5.10 Å². The van der Waals surface area contributed by atoms with Gasteiger partial charge >= 0.3 is 6.03 Å². The van der Waals surface area contributed by atoms with E-state index < -0.39 is 0 Å². The number of ether oxygens (including phenoxy) is 1. The van der Waals surface area contributed by atoms with Crippen molar-refractivity contribution in [1.29, 1.82) is 0 Å². The van der Waals surface area contributed by atoms with Crippen molar-refractivity contribution in [3.05, 3.63) is 90.5 Å². The van der Waals surface area contributed by atoms with Crippen LogP contribution in [0.5, 0.6) is 0 Å². The Morgan fingerprint density at radius 3 is 2.45 bits per heavy atom. The minimum absolute atomic E-state index is 0.0656. The van der Waals surface area contributed by atoms with Crippen LogP contribution in [0, 0.1) is 5.41 Å². The van der Waals surface area contributed by atoms with Gasteiger partial charge < -0.3 is 10.1 Å². The lowest BCUT2D eigenvalue weighted by atomic mass is 9.90. The number of hydrogen-bond donors (Lipinski definition) is 3. The predicted molar refractivity (Wildman–Crippen MR) is 169 cm³/mol. The second-order valence-corrected chi connectivity index (χ2v) is 12.0. The van der Waals surface area contributed by atoms with Crippen molar-refractivity contribution in [3.63, 3.8) is 0 Å². The summed E-state index contributed by atoms with van der Waals surface area (Å²) in [6, 6.07) is 20.6. The molecule has 1 atom stereocenters. The molecule has 0 aliphatic carbocycles. The van der Waals surface area contributed by atoms with Crippen LogP contribution in [0.15, 0.2) is 90.1 Å². The smallest absolute Gasteiger partial charge is 0.327 e. The number of anilines is 1. The molecule has 3 aromatic carbocycles. The molecular formula is C33H38N7O2+. The Morgan fingerprint density at radius 2 is 1.71 bits per heavy atom. The third-order valence-electron chi connectivity index (χ3n) is 8.02. The number of rotatable bonds is 6. The molecule has 4 aromatic rings. The van der Waals surface area contributed by atoms with Crippen LogP contribution in [0.4, 0.5) is 16.2 Å². The predicted octanol–water partition coefficient (Wildman–Crippen LogP) is 6.08. The number of benzene rings is 3. The van der Waals surface area contributed by atoms with Crippen molar-refractivity contribution in [2.75, 3.05) is 38.7 Å². The van der Waals surface area contributed by atoms with Crippen LogP contribution in [0.1, 0.15) is 26.3 Å². The number of fused-ring (bicyclic) bond motifs is 1. The summed E-state index contributed by atoms with van der Waals surface area (Å²) in [5, 5.41) is 20.2. The second kappa shape index (κ2) is 11.2. The first-order valence-electron chi connectivity index (χ1n) is 14.4. The molecular weight excluding hydrogens is 526 g/mol. The number of quaternary nitrogens is 1. The molecule has 42 heavy (non-hydrogen) atoms. The molecule has 2 aliphatic rings. The number of aromatic amines is 1. The maximum atomic E-state index is 13.5. The average molecular weight is 565 g/mol. The Kier molecular flexibility index (Phi) is 7.40. The number of hydrogen-bond acceptors (Lipinski definition) is 5. The summed E-state index contributed by atoms with van der Waals surface area (Å²) in [5.41, 5.74) is 5.90. The fraction of sp³-hybridized carbons (Fsp3) is 0.303. The molecule has 9 nitrogen and oxygen atoms in total. The van der Waals surface area contributed by atoms with Crippen LogP contribution < -0.4 is 15.2 Å². The Hall–Kier alpha value is -4.31. The zero-order valence-electron chi connectivity index (χ0n) is 24.6. The number of amides is 2. The molecule has 0 saturated carbocycles. The minimum atomic E-state index is -0.329.